The van der Waals surface area contributed by atoms with Crippen LogP contribution in [0.2, 0.25) is 0 Å². The molecular formula is C10H18FNO2. The van der Waals surface area contributed by atoms with Crippen LogP contribution < -0.4 is 5.32 Å². The highest BCUT2D eigenvalue weighted by molar-refractivity contribution is 5.70. The van der Waals surface area contributed by atoms with E-state index in [-0.39, 0.29) is 5.92 Å². The van der Waals surface area contributed by atoms with E-state index in [1.807, 2.05) is 6.92 Å². The van der Waals surface area contributed by atoms with Crippen LogP contribution in [0.25, 0.3) is 0 Å². The van der Waals surface area contributed by atoms with Gasteiger partial charge in [0.15, 0.2) is 0 Å². The Morgan fingerprint density at radius 1 is 1.57 bits per heavy atom. The van der Waals surface area contributed by atoms with Crippen LogP contribution in [0, 0.1) is 5.92 Å². The predicted molar refractivity (Wildman–Crippen MR) is 52.0 cm³/mol. The summed E-state index contributed by atoms with van der Waals surface area (Å²) in [5, 5.41) is 11.7. The average Bonchev–Trinajstić information content (AvgIpc) is 2.16. The summed E-state index contributed by atoms with van der Waals surface area (Å²) in [5.74, 6) is -1.11. The first-order valence-corrected chi connectivity index (χ1v) is 5.20. The minimum absolute atomic E-state index is 0.333. The van der Waals surface area contributed by atoms with Gasteiger partial charge >= 0.3 is 5.97 Å². The molecule has 0 aromatic heterocycles. The summed E-state index contributed by atoms with van der Waals surface area (Å²) in [7, 11) is 0. The molecule has 0 saturated heterocycles. The molecule has 82 valence electrons. The predicted octanol–water partition coefficient (Wildman–Crippen LogP) is 1.58. The minimum Gasteiger partial charge on any atom is -0.481 e. The summed E-state index contributed by atoms with van der Waals surface area (Å²) in [4.78, 5) is 10.6. The topological polar surface area (TPSA) is 49.3 Å². The molecule has 0 atom stereocenters. The Morgan fingerprint density at radius 2 is 2.14 bits per heavy atom. The fraction of sp³-hybridized carbons (Fsp3) is 0.900. The highest BCUT2D eigenvalue weighted by atomic mass is 19.1. The minimum atomic E-state index is -1.18. The van der Waals surface area contributed by atoms with Crippen LogP contribution in [0.3, 0.4) is 0 Å². The molecule has 0 amide bonds. The van der Waals surface area contributed by atoms with Crippen molar-refractivity contribution >= 4 is 5.97 Å². The normalized spacial score (nSPS) is 32.9. The Hall–Kier alpha value is -0.640. The maximum absolute atomic E-state index is 13.9. The number of nitrogens with one attached hydrogen (secondary N) is 1. The van der Waals surface area contributed by atoms with Crippen molar-refractivity contribution in [2.24, 2.45) is 5.92 Å². The fourth-order valence-corrected chi connectivity index (χ4v) is 1.91. The molecule has 1 rings (SSSR count). The van der Waals surface area contributed by atoms with Crippen LogP contribution in [-0.4, -0.2) is 29.8 Å². The van der Waals surface area contributed by atoms with Crippen molar-refractivity contribution in [2.45, 2.75) is 38.3 Å². The van der Waals surface area contributed by atoms with E-state index >= 15 is 0 Å². The number of alkyl halides is 1. The molecule has 1 aliphatic rings. The van der Waals surface area contributed by atoms with E-state index in [0.29, 0.717) is 32.2 Å². The monoisotopic (exact) mass is 203 g/mol. The molecule has 14 heavy (non-hydrogen) atoms. The lowest BCUT2D eigenvalue weighted by atomic mass is 9.80. The van der Waals surface area contributed by atoms with Crippen LogP contribution in [0.4, 0.5) is 4.39 Å². The summed E-state index contributed by atoms with van der Waals surface area (Å²) in [6.45, 7) is 3.05. The van der Waals surface area contributed by atoms with E-state index in [1.54, 1.807) is 0 Å². The summed E-state index contributed by atoms with van der Waals surface area (Å²) < 4.78 is 13.9. The van der Waals surface area contributed by atoms with E-state index < -0.39 is 11.6 Å². The van der Waals surface area contributed by atoms with E-state index in [4.69, 9.17) is 5.11 Å². The van der Waals surface area contributed by atoms with Gasteiger partial charge in [-0.25, -0.2) is 4.39 Å². The summed E-state index contributed by atoms with van der Waals surface area (Å²) in [6.07, 6.45) is 1.68. The van der Waals surface area contributed by atoms with Gasteiger partial charge in [-0.1, -0.05) is 6.92 Å². The first-order valence-electron chi connectivity index (χ1n) is 5.20. The van der Waals surface area contributed by atoms with Crippen LogP contribution in [0.5, 0.6) is 0 Å². The molecule has 4 heteroatoms. The van der Waals surface area contributed by atoms with Gasteiger partial charge < -0.3 is 10.4 Å². The molecule has 1 fully saturated rings. The lowest BCUT2D eigenvalue weighted by molar-refractivity contribution is -0.143. The van der Waals surface area contributed by atoms with Gasteiger partial charge in [-0.05, 0) is 32.2 Å². The first kappa shape index (κ1) is 11.4. The zero-order valence-electron chi connectivity index (χ0n) is 8.55. The van der Waals surface area contributed by atoms with Gasteiger partial charge in [0.05, 0.1) is 5.92 Å². The van der Waals surface area contributed by atoms with E-state index in [9.17, 15) is 9.18 Å². The molecule has 3 nitrogen and oxygen atoms in total. The standard InChI is InChI=1S/C10H18FNO2/c1-2-12-7-10(11)5-3-8(4-6-10)9(13)14/h8,12H,2-7H2,1H3,(H,13,14). The third-order valence-electron chi connectivity index (χ3n) is 2.92. The zero-order chi connectivity index (χ0) is 10.6. The van der Waals surface area contributed by atoms with Gasteiger partial charge in [0.1, 0.15) is 5.67 Å². The van der Waals surface area contributed by atoms with Crippen molar-refractivity contribution in [2.75, 3.05) is 13.1 Å². The third kappa shape index (κ3) is 2.94. The molecule has 1 saturated carbocycles. The van der Waals surface area contributed by atoms with Crippen LogP contribution in [0.1, 0.15) is 32.6 Å². The highest BCUT2D eigenvalue weighted by Crippen LogP contribution is 2.34. The number of carboxylic acids is 1. The Balaban J connectivity index is 2.36. The van der Waals surface area contributed by atoms with Crippen LogP contribution >= 0.6 is 0 Å². The van der Waals surface area contributed by atoms with Gasteiger partial charge in [0.25, 0.3) is 0 Å². The van der Waals surface area contributed by atoms with Gasteiger partial charge in [-0.15, -0.1) is 0 Å². The van der Waals surface area contributed by atoms with Crippen molar-refractivity contribution < 1.29 is 14.3 Å². The number of carboxylic acid groups (broad SMARTS) is 1. The number of hydrogen-bond donors (Lipinski definition) is 2. The van der Waals surface area contributed by atoms with Crippen LogP contribution in [0.15, 0.2) is 0 Å². The SMILES string of the molecule is CCNCC1(F)CCC(C(=O)O)CC1. The second kappa shape index (κ2) is 4.73. The Morgan fingerprint density at radius 3 is 2.57 bits per heavy atom. The van der Waals surface area contributed by atoms with Gasteiger partial charge in [0, 0.05) is 6.54 Å². The number of hydrogen-bond acceptors (Lipinski definition) is 2. The second-order valence-corrected chi connectivity index (χ2v) is 4.04. The lowest BCUT2D eigenvalue weighted by Gasteiger charge is -2.32. The van der Waals surface area contributed by atoms with Crippen molar-refractivity contribution in [3.8, 4) is 0 Å². The Kier molecular flexibility index (Phi) is 3.86. The van der Waals surface area contributed by atoms with Crippen molar-refractivity contribution in [1.29, 1.82) is 0 Å². The smallest absolute Gasteiger partial charge is 0.306 e. The maximum Gasteiger partial charge on any atom is 0.306 e. The lowest BCUT2D eigenvalue weighted by Crippen LogP contribution is -2.41. The molecule has 0 heterocycles. The molecule has 0 bridgehead atoms. The summed E-state index contributed by atoms with van der Waals surface area (Å²) >= 11 is 0. The maximum atomic E-state index is 13.9. The quantitative estimate of drug-likeness (QED) is 0.729. The van der Waals surface area contributed by atoms with Gasteiger partial charge in [0.2, 0.25) is 0 Å². The van der Waals surface area contributed by atoms with Crippen LogP contribution in [-0.2, 0) is 4.79 Å². The van der Waals surface area contributed by atoms with E-state index in [2.05, 4.69) is 5.32 Å². The third-order valence-corrected chi connectivity index (χ3v) is 2.92. The highest BCUT2D eigenvalue weighted by Gasteiger charge is 2.36. The number of carbonyl (C=O) groups is 1. The number of halogens is 1. The molecule has 0 aliphatic heterocycles. The first-order chi connectivity index (χ1) is 6.57. The molecule has 0 aromatic rings. The zero-order valence-corrected chi connectivity index (χ0v) is 8.55. The van der Waals surface area contributed by atoms with Crippen molar-refractivity contribution in [3.05, 3.63) is 0 Å². The van der Waals surface area contributed by atoms with E-state index in [1.165, 1.54) is 0 Å². The van der Waals surface area contributed by atoms with E-state index in [0.717, 1.165) is 6.54 Å². The molecule has 1 aliphatic carbocycles. The Labute approximate surface area is 83.7 Å². The van der Waals surface area contributed by atoms with Gasteiger partial charge in [-0.3, -0.25) is 4.79 Å². The molecule has 0 radical (unpaired) electrons. The van der Waals surface area contributed by atoms with Crippen molar-refractivity contribution in [3.63, 3.8) is 0 Å². The Bertz CT molecular complexity index is 200. The molecule has 0 spiro atoms. The second-order valence-electron chi connectivity index (χ2n) is 4.04. The summed E-state index contributed by atoms with van der Waals surface area (Å²) in [6, 6.07) is 0. The fourth-order valence-electron chi connectivity index (χ4n) is 1.91. The molecule has 2 N–H and O–H groups in total. The summed E-state index contributed by atoms with van der Waals surface area (Å²) in [5.41, 5.74) is -1.18. The average molecular weight is 203 g/mol. The van der Waals surface area contributed by atoms with Crippen molar-refractivity contribution in [1.82, 2.24) is 5.32 Å². The van der Waals surface area contributed by atoms with Gasteiger partial charge in [-0.2, -0.15) is 0 Å². The molecule has 0 aromatic carbocycles. The molecular weight excluding hydrogens is 185 g/mol. The number of rotatable bonds is 4. The number of aliphatic carboxylic acids is 1. The molecule has 0 unspecified atom stereocenters. The largest absolute Gasteiger partial charge is 0.481 e.